The summed E-state index contributed by atoms with van der Waals surface area (Å²) in [4.78, 5) is 35.3. The number of thiazole rings is 1. The Morgan fingerprint density at radius 1 is 1.18 bits per heavy atom. The molecule has 2 aliphatic rings. The Bertz CT molecular complexity index is 1190. The lowest BCUT2D eigenvalue weighted by atomic mass is 9.97. The standard InChI is InChI=1S/C27H32N4O2S/c32-25(16-21-17-29-23-9-5-4-8-22(21)23)31-14-11-20(12-15-31)27-30-24(18-34-27)26(33)28-13-10-19-6-2-1-3-7-19/h4-6,8-9,17-18,20,29H,1-3,7,10-16H2,(H,28,33). The third-order valence-corrected chi connectivity index (χ3v) is 8.09. The zero-order valence-corrected chi connectivity index (χ0v) is 20.3. The second-order valence-corrected chi connectivity index (χ2v) is 10.3. The van der Waals surface area contributed by atoms with Crippen molar-refractivity contribution in [1.82, 2.24) is 20.2 Å². The van der Waals surface area contributed by atoms with Crippen LogP contribution in [-0.4, -0.2) is 46.3 Å². The van der Waals surface area contributed by atoms with E-state index < -0.39 is 0 Å². The zero-order chi connectivity index (χ0) is 23.3. The van der Waals surface area contributed by atoms with Crippen molar-refractivity contribution in [3.8, 4) is 0 Å². The molecule has 0 bridgehead atoms. The van der Waals surface area contributed by atoms with Gasteiger partial charge in [-0.3, -0.25) is 9.59 Å². The van der Waals surface area contributed by atoms with Crippen molar-refractivity contribution in [3.05, 3.63) is 63.8 Å². The van der Waals surface area contributed by atoms with E-state index in [2.05, 4.69) is 27.4 Å². The maximum absolute atomic E-state index is 12.9. The predicted molar refractivity (Wildman–Crippen MR) is 136 cm³/mol. The molecule has 5 rings (SSSR count). The SMILES string of the molecule is O=C(NCCC1=CCCCC1)c1csc(C2CCN(C(=O)Cc3c[nH]c4ccccc34)CC2)n1. The van der Waals surface area contributed by atoms with Crippen molar-refractivity contribution >= 4 is 34.1 Å². The molecule has 7 heteroatoms. The number of amides is 2. The highest BCUT2D eigenvalue weighted by molar-refractivity contribution is 7.09. The summed E-state index contributed by atoms with van der Waals surface area (Å²) in [5.74, 6) is 0.414. The fourth-order valence-corrected chi connectivity index (χ4v) is 6.04. The molecular formula is C27H32N4O2S. The third-order valence-electron chi connectivity index (χ3n) is 7.08. The van der Waals surface area contributed by atoms with Gasteiger partial charge in [-0.2, -0.15) is 0 Å². The number of fused-ring (bicyclic) bond motifs is 1. The van der Waals surface area contributed by atoms with Crippen LogP contribution in [0.4, 0.5) is 0 Å². The lowest BCUT2D eigenvalue weighted by Crippen LogP contribution is -2.38. The monoisotopic (exact) mass is 476 g/mol. The minimum atomic E-state index is -0.0785. The summed E-state index contributed by atoms with van der Waals surface area (Å²) in [6, 6.07) is 8.10. The number of rotatable bonds is 7. The van der Waals surface area contributed by atoms with Crippen molar-refractivity contribution in [2.45, 2.75) is 57.3 Å². The summed E-state index contributed by atoms with van der Waals surface area (Å²) in [5, 5.41) is 7.04. The highest BCUT2D eigenvalue weighted by atomic mass is 32.1. The number of carbonyl (C=O) groups excluding carboxylic acids is 2. The number of allylic oxidation sites excluding steroid dienone is 1. The number of nitrogens with one attached hydrogen (secondary N) is 2. The maximum atomic E-state index is 12.9. The summed E-state index contributed by atoms with van der Waals surface area (Å²) in [7, 11) is 0. The van der Waals surface area contributed by atoms with Gasteiger partial charge >= 0.3 is 0 Å². The minimum Gasteiger partial charge on any atom is -0.361 e. The highest BCUT2D eigenvalue weighted by Gasteiger charge is 2.26. The number of hydrogen-bond acceptors (Lipinski definition) is 4. The van der Waals surface area contributed by atoms with E-state index in [0.717, 1.165) is 53.8 Å². The Balaban J connectivity index is 1.10. The van der Waals surface area contributed by atoms with E-state index in [9.17, 15) is 9.59 Å². The van der Waals surface area contributed by atoms with Gasteiger partial charge in [-0.05, 0) is 56.6 Å². The van der Waals surface area contributed by atoms with Crippen LogP contribution >= 0.6 is 11.3 Å². The number of likely N-dealkylation sites (tertiary alicyclic amines) is 1. The molecule has 0 radical (unpaired) electrons. The number of piperidine rings is 1. The Morgan fingerprint density at radius 3 is 2.85 bits per heavy atom. The third kappa shape index (κ3) is 5.25. The molecule has 0 atom stereocenters. The van der Waals surface area contributed by atoms with Gasteiger partial charge in [0.05, 0.1) is 11.4 Å². The molecule has 1 saturated heterocycles. The molecule has 6 nitrogen and oxygen atoms in total. The van der Waals surface area contributed by atoms with Gasteiger partial charge in [-0.15, -0.1) is 11.3 Å². The summed E-state index contributed by atoms with van der Waals surface area (Å²) in [6.45, 7) is 2.15. The molecule has 1 aliphatic heterocycles. The molecule has 2 aromatic heterocycles. The highest BCUT2D eigenvalue weighted by Crippen LogP contribution is 2.31. The van der Waals surface area contributed by atoms with Crippen molar-refractivity contribution in [3.63, 3.8) is 0 Å². The van der Waals surface area contributed by atoms with Crippen LogP contribution in [0.3, 0.4) is 0 Å². The van der Waals surface area contributed by atoms with E-state index in [-0.39, 0.29) is 11.8 Å². The molecule has 0 saturated carbocycles. The fourth-order valence-electron chi connectivity index (χ4n) is 5.07. The maximum Gasteiger partial charge on any atom is 0.270 e. The molecule has 1 fully saturated rings. The molecule has 0 spiro atoms. The summed E-state index contributed by atoms with van der Waals surface area (Å²) >= 11 is 1.57. The van der Waals surface area contributed by atoms with Crippen molar-refractivity contribution in [2.75, 3.05) is 19.6 Å². The number of hydrogen-bond donors (Lipinski definition) is 2. The molecule has 2 N–H and O–H groups in total. The van der Waals surface area contributed by atoms with E-state index in [4.69, 9.17) is 0 Å². The summed E-state index contributed by atoms with van der Waals surface area (Å²) in [5.41, 5.74) is 4.11. The van der Waals surface area contributed by atoms with Crippen molar-refractivity contribution in [2.24, 2.45) is 0 Å². The first-order chi connectivity index (χ1) is 16.7. The van der Waals surface area contributed by atoms with Crippen LogP contribution in [0.5, 0.6) is 0 Å². The molecule has 2 amide bonds. The van der Waals surface area contributed by atoms with Gasteiger partial charge in [0.15, 0.2) is 0 Å². The molecule has 1 aliphatic carbocycles. The predicted octanol–water partition coefficient (Wildman–Crippen LogP) is 5.19. The average molecular weight is 477 g/mol. The van der Waals surface area contributed by atoms with E-state index in [1.807, 2.05) is 34.7 Å². The second kappa shape index (κ2) is 10.6. The van der Waals surface area contributed by atoms with Crippen LogP contribution in [0, 0.1) is 0 Å². The Kier molecular flexibility index (Phi) is 7.09. The number of para-hydroxylation sites is 1. The van der Waals surface area contributed by atoms with E-state index in [1.54, 1.807) is 11.3 Å². The molecular weight excluding hydrogens is 444 g/mol. The molecule has 178 valence electrons. The molecule has 3 heterocycles. The summed E-state index contributed by atoms with van der Waals surface area (Å²) in [6.07, 6.45) is 12.3. The van der Waals surface area contributed by atoms with Gasteiger partial charge in [0.1, 0.15) is 5.69 Å². The quantitative estimate of drug-likeness (QED) is 0.461. The van der Waals surface area contributed by atoms with Crippen LogP contribution in [0.1, 0.15) is 71.9 Å². The number of nitrogens with zero attached hydrogens (tertiary/aromatic N) is 2. The lowest BCUT2D eigenvalue weighted by Gasteiger charge is -2.31. The molecule has 34 heavy (non-hydrogen) atoms. The first kappa shape index (κ1) is 22.8. The number of benzene rings is 1. The van der Waals surface area contributed by atoms with E-state index >= 15 is 0 Å². The van der Waals surface area contributed by atoms with Crippen LogP contribution in [0.2, 0.25) is 0 Å². The second-order valence-electron chi connectivity index (χ2n) is 9.38. The van der Waals surface area contributed by atoms with Gasteiger partial charge in [0.2, 0.25) is 5.91 Å². The Morgan fingerprint density at radius 2 is 2.03 bits per heavy atom. The van der Waals surface area contributed by atoms with Gasteiger partial charge in [0, 0.05) is 48.0 Å². The molecule has 1 aromatic carbocycles. The normalized spacial score (nSPS) is 17.1. The zero-order valence-electron chi connectivity index (χ0n) is 19.5. The number of H-pyrrole nitrogens is 1. The van der Waals surface area contributed by atoms with Gasteiger partial charge in [0.25, 0.3) is 5.91 Å². The van der Waals surface area contributed by atoms with Gasteiger partial charge in [-0.1, -0.05) is 29.8 Å². The van der Waals surface area contributed by atoms with Crippen LogP contribution in [0.25, 0.3) is 10.9 Å². The van der Waals surface area contributed by atoms with Crippen LogP contribution < -0.4 is 5.32 Å². The Hall–Kier alpha value is -2.93. The number of carbonyl (C=O) groups is 2. The van der Waals surface area contributed by atoms with Crippen LogP contribution in [0.15, 0.2) is 47.5 Å². The minimum absolute atomic E-state index is 0.0785. The van der Waals surface area contributed by atoms with Crippen LogP contribution in [-0.2, 0) is 11.2 Å². The number of aromatic amines is 1. The topological polar surface area (TPSA) is 78.1 Å². The Labute approximate surface area is 204 Å². The largest absolute Gasteiger partial charge is 0.361 e. The molecule has 3 aromatic rings. The number of aromatic nitrogens is 2. The first-order valence-electron chi connectivity index (χ1n) is 12.4. The van der Waals surface area contributed by atoms with Gasteiger partial charge < -0.3 is 15.2 Å². The summed E-state index contributed by atoms with van der Waals surface area (Å²) < 4.78 is 0. The van der Waals surface area contributed by atoms with Crippen molar-refractivity contribution < 1.29 is 9.59 Å². The smallest absolute Gasteiger partial charge is 0.270 e. The molecule has 0 unspecified atom stereocenters. The van der Waals surface area contributed by atoms with E-state index in [0.29, 0.717) is 24.6 Å². The fraction of sp³-hybridized carbons (Fsp3) is 0.444. The van der Waals surface area contributed by atoms with E-state index in [1.165, 1.54) is 31.3 Å². The lowest BCUT2D eigenvalue weighted by molar-refractivity contribution is -0.131. The van der Waals surface area contributed by atoms with Crippen molar-refractivity contribution in [1.29, 1.82) is 0 Å². The first-order valence-corrected chi connectivity index (χ1v) is 13.3. The average Bonchev–Trinajstić information content (AvgIpc) is 3.53. The van der Waals surface area contributed by atoms with Gasteiger partial charge in [-0.25, -0.2) is 4.98 Å².